The van der Waals surface area contributed by atoms with Crippen LogP contribution < -0.4 is 15.2 Å². The third-order valence-corrected chi connectivity index (χ3v) is 3.71. The molecular weight excluding hydrogens is 260 g/mol. The Balaban J connectivity index is 2.14. The van der Waals surface area contributed by atoms with E-state index in [1.165, 1.54) is 0 Å². The van der Waals surface area contributed by atoms with Crippen molar-refractivity contribution < 1.29 is 9.47 Å². The van der Waals surface area contributed by atoms with E-state index in [4.69, 9.17) is 15.2 Å². The number of benzene rings is 1. The lowest BCUT2D eigenvalue weighted by Gasteiger charge is -2.12. The molecule has 0 bridgehead atoms. The molecule has 0 aliphatic heterocycles. The van der Waals surface area contributed by atoms with Gasteiger partial charge in [-0.3, -0.25) is 0 Å². The Hall–Kier alpha value is -1.59. The van der Waals surface area contributed by atoms with E-state index < -0.39 is 0 Å². The number of rotatable bonds is 5. The molecule has 0 fully saturated rings. The maximum Gasteiger partial charge on any atom is 0.160 e. The van der Waals surface area contributed by atoms with E-state index in [0.717, 1.165) is 34.2 Å². The monoisotopic (exact) mass is 278 g/mol. The molecule has 0 spiro atoms. The second-order valence-electron chi connectivity index (χ2n) is 4.29. The first-order chi connectivity index (χ1) is 9.13. The third kappa shape index (κ3) is 3.24. The second kappa shape index (κ2) is 6.04. The SMILES string of the molecule is COc1ccc(CC(N)c2csc(C)n2)cc1OC. The molecule has 0 saturated carbocycles. The number of hydrogen-bond acceptors (Lipinski definition) is 5. The summed E-state index contributed by atoms with van der Waals surface area (Å²) in [6.07, 6.45) is 0.726. The van der Waals surface area contributed by atoms with Crippen LogP contribution in [0.25, 0.3) is 0 Å². The Morgan fingerprint density at radius 1 is 1.26 bits per heavy atom. The van der Waals surface area contributed by atoms with Gasteiger partial charge in [-0.1, -0.05) is 6.07 Å². The van der Waals surface area contributed by atoms with Crippen LogP contribution in [0.2, 0.25) is 0 Å². The third-order valence-electron chi connectivity index (χ3n) is 2.92. The van der Waals surface area contributed by atoms with Crippen LogP contribution in [0.5, 0.6) is 11.5 Å². The summed E-state index contributed by atoms with van der Waals surface area (Å²) in [5, 5.41) is 3.05. The molecule has 0 aliphatic carbocycles. The van der Waals surface area contributed by atoms with Gasteiger partial charge in [-0.25, -0.2) is 4.98 Å². The fourth-order valence-electron chi connectivity index (χ4n) is 1.92. The largest absolute Gasteiger partial charge is 0.493 e. The van der Waals surface area contributed by atoms with E-state index in [1.807, 2.05) is 30.5 Å². The van der Waals surface area contributed by atoms with Gasteiger partial charge in [-0.05, 0) is 31.0 Å². The summed E-state index contributed by atoms with van der Waals surface area (Å²) in [6.45, 7) is 1.98. The molecule has 1 atom stereocenters. The van der Waals surface area contributed by atoms with E-state index >= 15 is 0 Å². The number of hydrogen-bond donors (Lipinski definition) is 1. The van der Waals surface area contributed by atoms with Crippen LogP contribution in [0, 0.1) is 6.92 Å². The molecule has 102 valence electrons. The van der Waals surface area contributed by atoms with Crippen molar-refractivity contribution in [2.45, 2.75) is 19.4 Å². The molecule has 2 rings (SSSR count). The Bertz CT molecular complexity index is 554. The fraction of sp³-hybridized carbons (Fsp3) is 0.357. The van der Waals surface area contributed by atoms with Crippen molar-refractivity contribution in [2.75, 3.05) is 14.2 Å². The molecule has 0 aliphatic rings. The first-order valence-electron chi connectivity index (χ1n) is 6.02. The summed E-state index contributed by atoms with van der Waals surface area (Å²) in [6, 6.07) is 5.76. The zero-order valence-electron chi connectivity index (χ0n) is 11.3. The molecule has 0 saturated heterocycles. The molecule has 1 aromatic carbocycles. The van der Waals surface area contributed by atoms with Crippen LogP contribution in [0.15, 0.2) is 23.6 Å². The van der Waals surface area contributed by atoms with Gasteiger partial charge in [0.2, 0.25) is 0 Å². The van der Waals surface area contributed by atoms with Crippen molar-refractivity contribution in [2.24, 2.45) is 5.73 Å². The van der Waals surface area contributed by atoms with Crippen molar-refractivity contribution in [3.63, 3.8) is 0 Å². The van der Waals surface area contributed by atoms with Gasteiger partial charge >= 0.3 is 0 Å². The maximum atomic E-state index is 6.17. The maximum absolute atomic E-state index is 6.17. The van der Waals surface area contributed by atoms with Crippen LogP contribution in [0.3, 0.4) is 0 Å². The van der Waals surface area contributed by atoms with Gasteiger partial charge in [-0.15, -0.1) is 11.3 Å². The van der Waals surface area contributed by atoms with Crippen molar-refractivity contribution in [1.29, 1.82) is 0 Å². The van der Waals surface area contributed by atoms with Crippen molar-refractivity contribution in [3.05, 3.63) is 39.8 Å². The van der Waals surface area contributed by atoms with Crippen LogP contribution in [-0.4, -0.2) is 19.2 Å². The molecule has 4 nitrogen and oxygen atoms in total. The smallest absolute Gasteiger partial charge is 0.160 e. The standard InChI is InChI=1S/C14H18N2O2S/c1-9-16-12(8-19-9)11(15)6-10-4-5-13(17-2)14(7-10)18-3/h4-5,7-8,11H,6,15H2,1-3H3. The fourth-order valence-corrected chi connectivity index (χ4v) is 2.59. The van der Waals surface area contributed by atoms with Crippen LogP contribution in [0.1, 0.15) is 22.3 Å². The number of aromatic nitrogens is 1. The van der Waals surface area contributed by atoms with E-state index in [0.29, 0.717) is 0 Å². The summed E-state index contributed by atoms with van der Waals surface area (Å²) in [5.41, 5.74) is 8.22. The molecule has 1 heterocycles. The molecule has 5 heteroatoms. The second-order valence-corrected chi connectivity index (χ2v) is 5.35. The van der Waals surface area contributed by atoms with Crippen molar-refractivity contribution >= 4 is 11.3 Å². The first-order valence-corrected chi connectivity index (χ1v) is 6.90. The van der Waals surface area contributed by atoms with Gasteiger partial charge in [0.25, 0.3) is 0 Å². The van der Waals surface area contributed by atoms with Crippen LogP contribution in [-0.2, 0) is 6.42 Å². The molecule has 1 unspecified atom stereocenters. The predicted octanol–water partition coefficient (Wildman–Crippen LogP) is 2.71. The summed E-state index contributed by atoms with van der Waals surface area (Å²) >= 11 is 1.62. The number of nitrogens with zero attached hydrogens (tertiary/aromatic N) is 1. The summed E-state index contributed by atoms with van der Waals surface area (Å²) in [5.74, 6) is 1.45. The highest BCUT2D eigenvalue weighted by atomic mass is 32.1. The molecule has 0 amide bonds. The highest BCUT2D eigenvalue weighted by Crippen LogP contribution is 2.29. The Morgan fingerprint density at radius 2 is 2.00 bits per heavy atom. The Kier molecular flexibility index (Phi) is 4.39. The topological polar surface area (TPSA) is 57.4 Å². The molecule has 0 radical (unpaired) electrons. The van der Waals surface area contributed by atoms with Gasteiger partial charge < -0.3 is 15.2 Å². The lowest BCUT2D eigenvalue weighted by atomic mass is 10.0. The summed E-state index contributed by atoms with van der Waals surface area (Å²) < 4.78 is 10.5. The van der Waals surface area contributed by atoms with E-state index in [2.05, 4.69) is 4.98 Å². The van der Waals surface area contributed by atoms with Gasteiger partial charge in [0.05, 0.1) is 31.0 Å². The summed E-state index contributed by atoms with van der Waals surface area (Å²) in [4.78, 5) is 4.42. The summed E-state index contributed by atoms with van der Waals surface area (Å²) in [7, 11) is 3.26. The molecule has 2 N–H and O–H groups in total. The van der Waals surface area contributed by atoms with Crippen LogP contribution >= 0.6 is 11.3 Å². The van der Waals surface area contributed by atoms with E-state index in [1.54, 1.807) is 25.6 Å². The normalized spacial score (nSPS) is 12.2. The molecule has 2 aromatic rings. The van der Waals surface area contributed by atoms with Crippen molar-refractivity contribution in [1.82, 2.24) is 4.98 Å². The van der Waals surface area contributed by atoms with Crippen LogP contribution in [0.4, 0.5) is 0 Å². The van der Waals surface area contributed by atoms with E-state index in [9.17, 15) is 0 Å². The molecule has 1 aromatic heterocycles. The predicted molar refractivity (Wildman–Crippen MR) is 77.0 cm³/mol. The minimum Gasteiger partial charge on any atom is -0.493 e. The molecule has 19 heavy (non-hydrogen) atoms. The van der Waals surface area contributed by atoms with Gasteiger partial charge in [0, 0.05) is 5.38 Å². The Labute approximate surface area is 117 Å². The zero-order valence-corrected chi connectivity index (χ0v) is 12.2. The highest BCUT2D eigenvalue weighted by molar-refractivity contribution is 7.09. The van der Waals surface area contributed by atoms with Gasteiger partial charge in [0.15, 0.2) is 11.5 Å². The minimum absolute atomic E-state index is 0.0944. The lowest BCUT2D eigenvalue weighted by Crippen LogP contribution is -2.13. The van der Waals surface area contributed by atoms with E-state index in [-0.39, 0.29) is 6.04 Å². The number of methoxy groups -OCH3 is 2. The lowest BCUT2D eigenvalue weighted by molar-refractivity contribution is 0.354. The number of ether oxygens (including phenoxy) is 2. The van der Waals surface area contributed by atoms with Gasteiger partial charge in [-0.2, -0.15) is 0 Å². The highest BCUT2D eigenvalue weighted by Gasteiger charge is 2.12. The van der Waals surface area contributed by atoms with Gasteiger partial charge in [0.1, 0.15) is 0 Å². The first kappa shape index (κ1) is 13.8. The van der Waals surface area contributed by atoms with Crippen molar-refractivity contribution in [3.8, 4) is 11.5 Å². The number of nitrogens with two attached hydrogens (primary N) is 1. The number of thiazole rings is 1. The quantitative estimate of drug-likeness (QED) is 0.913. The zero-order chi connectivity index (χ0) is 13.8. The average Bonchev–Trinajstić information content (AvgIpc) is 2.85. The Morgan fingerprint density at radius 3 is 2.58 bits per heavy atom. The minimum atomic E-state index is -0.0944. The number of aryl methyl sites for hydroxylation is 1. The average molecular weight is 278 g/mol. The molecular formula is C14H18N2O2S.